The number of carbonyl (C=O) groups excluding carboxylic acids is 2. The predicted octanol–water partition coefficient (Wildman–Crippen LogP) is 4.91. The zero-order valence-electron chi connectivity index (χ0n) is 18.5. The number of nitrogens with one attached hydrogen (secondary N) is 2. The minimum absolute atomic E-state index is 0.00523. The molecule has 0 saturated carbocycles. The molecule has 2 N–H and O–H groups in total. The maximum Gasteiger partial charge on any atom is 0.278 e. The van der Waals surface area contributed by atoms with Gasteiger partial charge in [-0.1, -0.05) is 45.0 Å². The Morgan fingerprint density at radius 1 is 0.879 bits per heavy atom. The molecular weight excluding hydrogens is 420 g/mol. The summed E-state index contributed by atoms with van der Waals surface area (Å²) >= 11 is 0. The van der Waals surface area contributed by atoms with Crippen LogP contribution in [0.15, 0.2) is 77.9 Å². The Kier molecular flexibility index (Phi) is 6.97. The van der Waals surface area contributed by atoms with E-state index in [0.29, 0.717) is 16.8 Å². The monoisotopic (exact) mass is 444 g/mol. The summed E-state index contributed by atoms with van der Waals surface area (Å²) in [6.45, 7) is 6.32. The Bertz CT molecular complexity index is 1190. The number of carbonyl (C=O) groups is 2. The molecule has 2 amide bonds. The Labute approximate surface area is 191 Å². The Morgan fingerprint density at radius 3 is 2.06 bits per heavy atom. The first-order valence-electron chi connectivity index (χ1n) is 10.2. The van der Waals surface area contributed by atoms with Crippen LogP contribution < -0.4 is 10.7 Å². The van der Waals surface area contributed by atoms with Gasteiger partial charge in [-0.15, -0.1) is 0 Å². The molecule has 3 aromatic carbocycles. The van der Waals surface area contributed by atoms with Crippen molar-refractivity contribution < 1.29 is 14.5 Å². The van der Waals surface area contributed by atoms with Gasteiger partial charge < -0.3 is 5.32 Å². The fourth-order valence-electron chi connectivity index (χ4n) is 3.02. The third-order valence-corrected chi connectivity index (χ3v) is 4.92. The standard InChI is InChI=1S/C25H24N4O4/c1-25(2,3)20-12-8-17(9-13-20)23(30)27-21-14-10-18(11-15-21)24(31)28-26-16-19-6-4-5-7-22(19)29(32)33/h4-16H,1-3H3,(H,27,30)(H,28,31). The van der Waals surface area contributed by atoms with Gasteiger partial charge in [-0.3, -0.25) is 19.7 Å². The summed E-state index contributed by atoms with van der Waals surface area (Å²) in [5, 5.41) is 17.6. The van der Waals surface area contributed by atoms with E-state index >= 15 is 0 Å². The Balaban J connectivity index is 1.60. The topological polar surface area (TPSA) is 114 Å². The van der Waals surface area contributed by atoms with Crippen molar-refractivity contribution in [3.63, 3.8) is 0 Å². The zero-order chi connectivity index (χ0) is 24.0. The lowest BCUT2D eigenvalue weighted by atomic mass is 9.87. The minimum Gasteiger partial charge on any atom is -0.322 e. The SMILES string of the molecule is CC(C)(C)c1ccc(C(=O)Nc2ccc(C(=O)NN=Cc3ccccc3[N+](=O)[O-])cc2)cc1. The molecule has 3 aromatic rings. The summed E-state index contributed by atoms with van der Waals surface area (Å²) in [5.41, 5.74) is 5.05. The lowest BCUT2D eigenvalue weighted by molar-refractivity contribution is -0.385. The van der Waals surface area contributed by atoms with Gasteiger partial charge in [-0.25, -0.2) is 5.43 Å². The van der Waals surface area contributed by atoms with Crippen LogP contribution in [-0.4, -0.2) is 23.0 Å². The molecule has 0 spiro atoms. The number of para-hydroxylation sites is 1. The summed E-state index contributed by atoms with van der Waals surface area (Å²) in [4.78, 5) is 35.3. The van der Waals surface area contributed by atoms with Crippen LogP contribution in [0.4, 0.5) is 11.4 Å². The second kappa shape index (κ2) is 9.86. The number of nitro benzene ring substituents is 1. The number of hydrazone groups is 1. The normalized spacial score (nSPS) is 11.2. The quantitative estimate of drug-likeness (QED) is 0.319. The molecule has 0 radical (unpaired) electrons. The summed E-state index contributed by atoms with van der Waals surface area (Å²) in [6, 6.07) is 19.8. The van der Waals surface area contributed by atoms with Crippen molar-refractivity contribution in [3.8, 4) is 0 Å². The van der Waals surface area contributed by atoms with Gasteiger partial charge in [-0.2, -0.15) is 5.10 Å². The van der Waals surface area contributed by atoms with Crippen molar-refractivity contribution in [2.45, 2.75) is 26.2 Å². The Morgan fingerprint density at radius 2 is 1.45 bits per heavy atom. The summed E-state index contributed by atoms with van der Waals surface area (Å²) in [5.74, 6) is -0.734. The maximum atomic E-state index is 12.5. The predicted molar refractivity (Wildman–Crippen MR) is 128 cm³/mol. The van der Waals surface area contributed by atoms with Crippen molar-refractivity contribution in [1.82, 2.24) is 5.43 Å². The largest absolute Gasteiger partial charge is 0.322 e. The molecule has 33 heavy (non-hydrogen) atoms. The molecule has 0 bridgehead atoms. The van der Waals surface area contributed by atoms with Crippen LogP contribution in [0.3, 0.4) is 0 Å². The van der Waals surface area contributed by atoms with Gasteiger partial charge in [0.2, 0.25) is 0 Å². The van der Waals surface area contributed by atoms with Crippen LogP contribution in [0.5, 0.6) is 0 Å². The van der Waals surface area contributed by atoms with E-state index in [1.807, 2.05) is 12.1 Å². The molecule has 0 aliphatic heterocycles. The van der Waals surface area contributed by atoms with E-state index in [1.165, 1.54) is 18.3 Å². The third-order valence-electron chi connectivity index (χ3n) is 4.92. The molecule has 8 nitrogen and oxygen atoms in total. The first-order valence-corrected chi connectivity index (χ1v) is 10.2. The van der Waals surface area contributed by atoms with Gasteiger partial charge in [0.15, 0.2) is 0 Å². The second-order valence-corrected chi connectivity index (χ2v) is 8.37. The summed E-state index contributed by atoms with van der Waals surface area (Å²) in [6.07, 6.45) is 1.22. The molecular formula is C25H24N4O4. The first-order chi connectivity index (χ1) is 15.6. The minimum atomic E-state index is -0.519. The van der Waals surface area contributed by atoms with Gasteiger partial charge in [0.1, 0.15) is 0 Å². The smallest absolute Gasteiger partial charge is 0.278 e. The molecule has 0 aromatic heterocycles. The molecule has 0 heterocycles. The molecule has 0 unspecified atom stereocenters. The average Bonchev–Trinajstić information content (AvgIpc) is 2.79. The van der Waals surface area contributed by atoms with Crippen molar-refractivity contribution in [2.24, 2.45) is 5.10 Å². The highest BCUT2D eigenvalue weighted by Crippen LogP contribution is 2.22. The second-order valence-electron chi connectivity index (χ2n) is 8.37. The van der Waals surface area contributed by atoms with Crippen LogP contribution in [0.2, 0.25) is 0 Å². The van der Waals surface area contributed by atoms with Crippen LogP contribution in [0.1, 0.15) is 52.6 Å². The van der Waals surface area contributed by atoms with Crippen LogP contribution in [0, 0.1) is 10.1 Å². The highest BCUT2D eigenvalue weighted by atomic mass is 16.6. The van der Waals surface area contributed by atoms with Crippen molar-refractivity contribution in [3.05, 3.63) is 105 Å². The number of benzene rings is 3. The Hall–Kier alpha value is -4.33. The number of nitrogens with zero attached hydrogens (tertiary/aromatic N) is 2. The first kappa shape index (κ1) is 23.3. The van der Waals surface area contributed by atoms with Gasteiger partial charge in [0.05, 0.1) is 16.7 Å². The molecule has 8 heteroatoms. The van der Waals surface area contributed by atoms with E-state index in [4.69, 9.17) is 0 Å². The zero-order valence-corrected chi connectivity index (χ0v) is 18.5. The van der Waals surface area contributed by atoms with Gasteiger partial charge in [0, 0.05) is 22.9 Å². The number of hydrogen-bond acceptors (Lipinski definition) is 5. The van der Waals surface area contributed by atoms with Crippen LogP contribution >= 0.6 is 0 Å². The van der Waals surface area contributed by atoms with Crippen LogP contribution in [0.25, 0.3) is 0 Å². The highest BCUT2D eigenvalue weighted by Gasteiger charge is 2.15. The average molecular weight is 444 g/mol. The maximum absolute atomic E-state index is 12.5. The number of amides is 2. The van der Waals surface area contributed by atoms with E-state index in [2.05, 4.69) is 36.6 Å². The lowest BCUT2D eigenvalue weighted by Crippen LogP contribution is -2.18. The molecule has 0 aliphatic rings. The van der Waals surface area contributed by atoms with Crippen molar-refractivity contribution in [2.75, 3.05) is 5.32 Å². The van der Waals surface area contributed by atoms with Crippen molar-refractivity contribution in [1.29, 1.82) is 0 Å². The molecule has 0 fully saturated rings. The molecule has 0 aliphatic carbocycles. The van der Waals surface area contributed by atoms with Gasteiger partial charge in [-0.05, 0) is 53.4 Å². The number of nitro groups is 1. The molecule has 168 valence electrons. The van der Waals surface area contributed by atoms with Crippen molar-refractivity contribution >= 4 is 29.4 Å². The fourth-order valence-corrected chi connectivity index (χ4v) is 3.02. The van der Waals surface area contributed by atoms with Crippen LogP contribution in [-0.2, 0) is 5.41 Å². The molecule has 0 saturated heterocycles. The third kappa shape index (κ3) is 6.10. The number of rotatable bonds is 6. The fraction of sp³-hybridized carbons (Fsp3) is 0.160. The molecule has 0 atom stereocenters. The summed E-state index contributed by atoms with van der Waals surface area (Å²) in [7, 11) is 0. The van der Waals surface area contributed by atoms with Gasteiger partial charge in [0.25, 0.3) is 17.5 Å². The number of anilines is 1. The highest BCUT2D eigenvalue weighted by molar-refractivity contribution is 6.04. The van der Waals surface area contributed by atoms with E-state index in [1.54, 1.807) is 48.5 Å². The number of hydrogen-bond donors (Lipinski definition) is 2. The summed E-state index contributed by atoms with van der Waals surface area (Å²) < 4.78 is 0. The van der Waals surface area contributed by atoms with E-state index in [0.717, 1.165) is 5.56 Å². The van der Waals surface area contributed by atoms with Gasteiger partial charge >= 0.3 is 0 Å². The van der Waals surface area contributed by atoms with E-state index in [9.17, 15) is 19.7 Å². The van der Waals surface area contributed by atoms with E-state index < -0.39 is 10.8 Å². The lowest BCUT2D eigenvalue weighted by Gasteiger charge is -2.19. The van der Waals surface area contributed by atoms with E-state index in [-0.39, 0.29) is 22.6 Å². The molecule has 3 rings (SSSR count).